The summed E-state index contributed by atoms with van der Waals surface area (Å²) in [4.78, 5) is 65.6. The summed E-state index contributed by atoms with van der Waals surface area (Å²) in [5, 5.41) is 19.6. The van der Waals surface area contributed by atoms with Crippen molar-refractivity contribution in [1.29, 1.82) is 0 Å². The molecule has 0 radical (unpaired) electrons. The Labute approximate surface area is 858 Å². The fourth-order valence-electron chi connectivity index (χ4n) is 22.5. The molecule has 0 aliphatic heterocycles. The molecule has 0 atom stereocenters. The van der Waals surface area contributed by atoms with E-state index in [0.29, 0.717) is 0 Å². The van der Waals surface area contributed by atoms with Crippen LogP contribution in [-0.4, -0.2) is 92.6 Å². The van der Waals surface area contributed by atoms with Gasteiger partial charge in [0, 0.05) is 276 Å². The van der Waals surface area contributed by atoms with Crippen LogP contribution >= 0.6 is 0 Å². The lowest BCUT2D eigenvalue weighted by Crippen LogP contribution is -2.15. The van der Waals surface area contributed by atoms with Gasteiger partial charge in [-0.3, -0.25) is 68.1 Å². The second-order valence-electron chi connectivity index (χ2n) is 38.0. The molecule has 1 aliphatic carbocycles. The molecule has 31 rings (SSSR count). The van der Waals surface area contributed by atoms with Gasteiger partial charge in [0.1, 0.15) is 23.3 Å². The van der Waals surface area contributed by atoms with Gasteiger partial charge in [0.25, 0.3) is 0 Å². The zero-order valence-electron chi connectivity index (χ0n) is 81.1. The van der Waals surface area contributed by atoms with Crippen molar-refractivity contribution in [2.24, 2.45) is 0 Å². The van der Waals surface area contributed by atoms with Crippen molar-refractivity contribution in [3.63, 3.8) is 0 Å². The number of pyridine rings is 10. The minimum Gasteiger partial charge on any atom is -0.309 e. The summed E-state index contributed by atoms with van der Waals surface area (Å²) in [6, 6.07) is 129. The molecule has 704 valence electrons. The Morgan fingerprint density at radius 1 is 0.180 bits per heavy atom. The second kappa shape index (κ2) is 36.1. The summed E-state index contributed by atoms with van der Waals surface area (Å²) in [7, 11) is 0. The quantitative estimate of drug-likeness (QED) is 0.111. The normalized spacial score (nSPS) is 12.1. The van der Waals surface area contributed by atoms with E-state index in [1.54, 1.807) is 0 Å². The Kier molecular flexibility index (Phi) is 21.1. The predicted molar refractivity (Wildman–Crippen MR) is 607 cm³/mol. The smallest absolute Gasteiger partial charge is 0.145 e. The van der Waals surface area contributed by atoms with Crippen molar-refractivity contribution in [3.8, 4) is 108 Å². The molecule has 30 aromatic rings. The van der Waals surface area contributed by atoms with Crippen molar-refractivity contribution in [3.05, 3.63) is 493 Å². The fraction of sp³-hybridized carbons (Fsp3) is 0.0229. The maximum atomic E-state index is 5.34. The van der Waals surface area contributed by atoms with E-state index in [2.05, 4.69) is 360 Å². The van der Waals surface area contributed by atoms with Crippen LogP contribution < -0.4 is 0 Å². The van der Waals surface area contributed by atoms with Gasteiger partial charge in [-0.1, -0.05) is 238 Å². The zero-order valence-corrected chi connectivity index (χ0v) is 81.1. The van der Waals surface area contributed by atoms with E-state index in [0.717, 1.165) is 227 Å². The van der Waals surface area contributed by atoms with Gasteiger partial charge in [-0.25, -0.2) is 19.9 Å². The van der Waals surface area contributed by atoms with E-state index in [4.69, 9.17) is 19.9 Å². The highest BCUT2D eigenvalue weighted by atomic mass is 15.1. The summed E-state index contributed by atoms with van der Waals surface area (Å²) in [5.41, 5.74) is 29.4. The molecule has 0 saturated carbocycles. The van der Waals surface area contributed by atoms with Crippen LogP contribution in [-0.2, 0) is 5.41 Å². The molecule has 19 nitrogen and oxygen atoms in total. The van der Waals surface area contributed by atoms with Crippen LogP contribution in [0.15, 0.2) is 482 Å². The molecule has 0 fully saturated rings. The average Bonchev–Trinajstić information content (AvgIpc) is 1.52. The molecular formula is C131H85N19. The number of hydrogen-bond acceptors (Lipinski definition) is 14. The summed E-state index contributed by atoms with van der Waals surface area (Å²) in [6.07, 6.45) is 33.8. The Balaban J connectivity index is 0.0000000963. The van der Waals surface area contributed by atoms with E-state index >= 15 is 0 Å². The van der Waals surface area contributed by atoms with Gasteiger partial charge in [-0.15, -0.1) is 0 Å². The first-order chi connectivity index (χ1) is 74.3. The topological polar surface area (TPSA) is 205 Å². The number of hydrogen-bond donors (Lipinski definition) is 0. The van der Waals surface area contributed by atoms with Crippen LogP contribution in [0.2, 0.25) is 0 Å². The Morgan fingerprint density at radius 3 is 0.907 bits per heavy atom. The largest absolute Gasteiger partial charge is 0.309 e. The van der Waals surface area contributed by atoms with Crippen LogP contribution in [0.4, 0.5) is 0 Å². The van der Waals surface area contributed by atoms with Crippen LogP contribution in [0.3, 0.4) is 0 Å². The molecule has 15 aromatic carbocycles. The number of para-hydroxylation sites is 2. The Hall–Kier alpha value is -20.4. The molecule has 150 heavy (non-hydrogen) atoms. The lowest BCUT2D eigenvalue weighted by Gasteiger charge is -2.22. The van der Waals surface area contributed by atoms with E-state index in [1.165, 1.54) is 44.1 Å². The van der Waals surface area contributed by atoms with Crippen molar-refractivity contribution >= 4 is 152 Å². The van der Waals surface area contributed by atoms with Crippen LogP contribution in [0.25, 0.3) is 260 Å². The number of nitrogens with zero attached hydrogens (tertiary/aromatic N) is 19. The maximum Gasteiger partial charge on any atom is 0.145 e. The van der Waals surface area contributed by atoms with Crippen molar-refractivity contribution in [2.45, 2.75) is 19.3 Å². The molecule has 0 amide bonds. The number of imidazole rings is 4. The van der Waals surface area contributed by atoms with Gasteiger partial charge < -0.3 is 4.57 Å². The van der Waals surface area contributed by atoms with E-state index in [1.807, 2.05) is 209 Å². The number of aromatic nitrogens is 19. The molecule has 0 spiro atoms. The van der Waals surface area contributed by atoms with Crippen molar-refractivity contribution < 1.29 is 0 Å². The van der Waals surface area contributed by atoms with E-state index in [-0.39, 0.29) is 5.41 Å². The molecule has 1 aliphatic rings. The minimum atomic E-state index is -0.0877. The summed E-state index contributed by atoms with van der Waals surface area (Å²) in [5.74, 6) is 3.62. The monoisotopic (exact) mass is 1920 g/mol. The van der Waals surface area contributed by atoms with Crippen LogP contribution in [0.1, 0.15) is 25.0 Å². The highest BCUT2D eigenvalue weighted by Crippen LogP contribution is 2.52. The molecule has 0 N–H and O–H groups in total. The highest BCUT2D eigenvalue weighted by Gasteiger charge is 2.37. The Morgan fingerprint density at radius 2 is 0.487 bits per heavy atom. The van der Waals surface area contributed by atoms with Gasteiger partial charge in [0.2, 0.25) is 0 Å². The predicted octanol–water partition coefficient (Wildman–Crippen LogP) is 30.7. The van der Waals surface area contributed by atoms with Crippen molar-refractivity contribution in [1.82, 2.24) is 92.6 Å². The third-order valence-corrected chi connectivity index (χ3v) is 29.3. The highest BCUT2D eigenvalue weighted by molar-refractivity contribution is 6.28. The average molecular weight is 1930 g/mol. The summed E-state index contributed by atoms with van der Waals surface area (Å²) >= 11 is 0. The van der Waals surface area contributed by atoms with Crippen LogP contribution in [0, 0.1) is 0 Å². The Bertz CT molecular complexity index is 10600. The molecule has 0 bridgehead atoms. The molecule has 19 heteroatoms. The molecular weight excluding hydrogens is 1840 g/mol. The summed E-state index contributed by atoms with van der Waals surface area (Å²) in [6.45, 7) is 4.65. The number of fused-ring (bicyclic) bond motifs is 30. The molecule has 15 heterocycles. The van der Waals surface area contributed by atoms with Gasteiger partial charge in [0.05, 0.1) is 66.6 Å². The van der Waals surface area contributed by atoms with Gasteiger partial charge in [0.15, 0.2) is 0 Å². The van der Waals surface area contributed by atoms with Crippen LogP contribution in [0.5, 0.6) is 0 Å². The zero-order chi connectivity index (χ0) is 99.4. The molecule has 15 aromatic heterocycles. The fourth-order valence-corrected chi connectivity index (χ4v) is 22.5. The first-order valence-corrected chi connectivity index (χ1v) is 49.9. The number of benzene rings is 15. The molecule has 0 saturated heterocycles. The lowest BCUT2D eigenvalue weighted by molar-refractivity contribution is 0.660. The van der Waals surface area contributed by atoms with E-state index in [9.17, 15) is 0 Å². The second-order valence-corrected chi connectivity index (χ2v) is 38.0. The van der Waals surface area contributed by atoms with Gasteiger partial charge >= 0.3 is 0 Å². The minimum absolute atomic E-state index is 0.0877. The van der Waals surface area contributed by atoms with Gasteiger partial charge in [-0.2, -0.15) is 0 Å². The first-order valence-electron chi connectivity index (χ1n) is 49.9. The molecule has 0 unspecified atom stereocenters. The summed E-state index contributed by atoms with van der Waals surface area (Å²) < 4.78 is 11.5. The first kappa shape index (κ1) is 87.4. The van der Waals surface area contributed by atoms with Gasteiger partial charge in [-0.05, 0) is 168 Å². The lowest BCUT2D eigenvalue weighted by atomic mass is 9.82. The third kappa shape index (κ3) is 14.5. The maximum absolute atomic E-state index is 5.34. The van der Waals surface area contributed by atoms with E-state index < -0.39 is 0 Å². The third-order valence-electron chi connectivity index (χ3n) is 29.3. The number of rotatable bonds is 11. The SMILES string of the molecule is CC1(C)c2ccccc2-c2ccc(-n3c(-c4ccccc4)nc4c5ccncc5c5cnccc5c43)cc21.c1ccc(-c2nc3c4ccncc4c4cnccc4c3n2-c2ccc(-c3ccccn3)cc2)cc1.c1ccc(-c2nc3c4ccncc4c4cnccc4c3n2-c2ccc3c(c2)c2ccccc2n3-c2ccccc2)cc1.c1ccc(-c2nc3c4ccncc4c4cnccc4c3n2-c2cccc(-c3ccccn3)c2)cc1. The van der Waals surface area contributed by atoms with Crippen molar-refractivity contribution in [2.75, 3.05) is 0 Å². The standard InChI is InChI=1S/C37H23N5.C34H24N4.2C30H19N5/c1-3-9-24(10-4-1)37-40-35-28-17-19-38-22-31(28)32-23-39-20-18-29(32)36(35)42(37)26-15-16-34-30(21-26)27-13-7-8-14-33(27)41(34)25-11-5-2-6-12-25;1-34(2)29-11-7-6-10-23(29)24-13-12-22(18-30(24)34)38-32-26-15-17-36-20-28(26)27-19-35-16-14-25(27)31(32)37-33(38)21-8-4-3-5-9-21;1-2-7-20(8-3-1)30-34-28-23-12-15-31-18-25(23)26-19-32-16-13-24(26)29(28)35(30)22-10-6-9-21(17-22)27-11-4-5-14-33-27;1-2-6-21(7-3-1)30-34-28-23-13-16-31-18-25(23)26-19-32-17-14-24(26)29(28)35(30)22-11-9-20(10-12-22)27-8-4-5-15-33-27/h1-23H;3-20H,1-2H3;2*1-19H.